The van der Waals surface area contributed by atoms with E-state index in [1.807, 2.05) is 18.2 Å². The molecule has 26 heavy (non-hydrogen) atoms. The van der Waals surface area contributed by atoms with Crippen LogP contribution in [0, 0.1) is 0 Å². The van der Waals surface area contributed by atoms with Gasteiger partial charge in [0.05, 0.1) is 0 Å². The highest BCUT2D eigenvalue weighted by molar-refractivity contribution is 14.0. The third-order valence-electron chi connectivity index (χ3n) is 4.76. The van der Waals surface area contributed by atoms with Crippen LogP contribution in [0.2, 0.25) is 5.02 Å². The van der Waals surface area contributed by atoms with Gasteiger partial charge in [0.25, 0.3) is 0 Å². The number of benzene rings is 1. The molecule has 1 aromatic carbocycles. The van der Waals surface area contributed by atoms with Gasteiger partial charge < -0.3 is 15.5 Å². The van der Waals surface area contributed by atoms with E-state index in [0.717, 1.165) is 30.8 Å². The molecular weight excluding hydrogens is 463 g/mol. The number of hydrogen-bond donors (Lipinski definition) is 2. The minimum Gasteiger partial charge on any atom is -0.355 e. The fourth-order valence-corrected chi connectivity index (χ4v) is 2.95. The first-order valence-corrected chi connectivity index (χ1v) is 9.26. The van der Waals surface area contributed by atoms with Gasteiger partial charge in [0, 0.05) is 37.1 Å². The molecule has 0 radical (unpaired) electrons. The van der Waals surface area contributed by atoms with Crippen LogP contribution in [0.5, 0.6) is 0 Å². The van der Waals surface area contributed by atoms with Gasteiger partial charge in [-0.05, 0) is 37.8 Å². The van der Waals surface area contributed by atoms with Crippen molar-refractivity contribution in [1.29, 1.82) is 0 Å². The lowest BCUT2D eigenvalue weighted by molar-refractivity contribution is -0.127. The predicted molar refractivity (Wildman–Crippen MR) is 120 cm³/mol. The number of hydrogen-bond acceptors (Lipinski definition) is 2. The Morgan fingerprint density at radius 3 is 2.54 bits per heavy atom. The first kappa shape index (κ1) is 23.0. The van der Waals surface area contributed by atoms with Crippen LogP contribution >= 0.6 is 35.6 Å². The van der Waals surface area contributed by atoms with Crippen molar-refractivity contribution in [2.24, 2.45) is 4.99 Å². The van der Waals surface area contributed by atoms with Gasteiger partial charge in [0.1, 0.15) is 6.54 Å². The van der Waals surface area contributed by atoms with Crippen LogP contribution in [-0.2, 0) is 10.2 Å². The molecule has 7 heteroatoms. The average molecular weight is 493 g/mol. The summed E-state index contributed by atoms with van der Waals surface area (Å²) < 4.78 is 0. The summed E-state index contributed by atoms with van der Waals surface area (Å²) in [7, 11) is 3.48. The molecule has 1 saturated carbocycles. The Morgan fingerprint density at radius 1 is 1.35 bits per heavy atom. The van der Waals surface area contributed by atoms with Gasteiger partial charge in [-0.3, -0.25) is 4.79 Å². The Morgan fingerprint density at radius 2 is 2.00 bits per heavy atom. The molecule has 0 aliphatic heterocycles. The van der Waals surface area contributed by atoms with Crippen molar-refractivity contribution in [2.75, 3.05) is 27.2 Å². The number of amides is 1. The minimum atomic E-state index is -0.0162. The monoisotopic (exact) mass is 492 g/mol. The Labute approximate surface area is 179 Å². The Bertz CT molecular complexity index is 632. The minimum absolute atomic E-state index is 0. The van der Waals surface area contributed by atoms with Crippen LogP contribution in [0.15, 0.2) is 29.3 Å². The molecule has 0 aromatic heterocycles. The van der Waals surface area contributed by atoms with Gasteiger partial charge in [-0.2, -0.15) is 0 Å². The van der Waals surface area contributed by atoms with Crippen LogP contribution in [-0.4, -0.2) is 50.0 Å². The number of guanidine groups is 1. The summed E-state index contributed by atoms with van der Waals surface area (Å²) in [4.78, 5) is 17.8. The third kappa shape index (κ3) is 6.30. The molecule has 1 unspecified atom stereocenters. The Kier molecular flexibility index (Phi) is 9.16. The molecule has 1 aliphatic carbocycles. The molecule has 0 saturated heterocycles. The summed E-state index contributed by atoms with van der Waals surface area (Å²) in [6.45, 7) is 5.12. The first-order chi connectivity index (χ1) is 11.9. The summed E-state index contributed by atoms with van der Waals surface area (Å²) in [6, 6.07) is 8.32. The number of nitrogens with zero attached hydrogens (tertiary/aromatic N) is 2. The zero-order chi connectivity index (χ0) is 18.4. The third-order valence-corrected chi connectivity index (χ3v) is 5.09. The van der Waals surface area contributed by atoms with E-state index >= 15 is 0 Å². The highest BCUT2D eigenvalue weighted by Gasteiger charge is 2.45. The van der Waals surface area contributed by atoms with Gasteiger partial charge in [0.15, 0.2) is 5.96 Å². The van der Waals surface area contributed by atoms with Crippen molar-refractivity contribution < 1.29 is 4.79 Å². The van der Waals surface area contributed by atoms with Gasteiger partial charge in [-0.1, -0.05) is 36.7 Å². The SMILES string of the molecule is CCC(C)NC(=NCC(=O)N(C)C)NCC1(c2ccccc2Cl)CC1.I. The van der Waals surface area contributed by atoms with Gasteiger partial charge >= 0.3 is 0 Å². The lowest BCUT2D eigenvalue weighted by atomic mass is 9.96. The maximum atomic E-state index is 11.8. The fourth-order valence-electron chi connectivity index (χ4n) is 2.61. The van der Waals surface area contributed by atoms with Gasteiger partial charge in [-0.25, -0.2) is 4.99 Å². The van der Waals surface area contributed by atoms with Crippen LogP contribution < -0.4 is 10.6 Å². The summed E-state index contributed by atoms with van der Waals surface area (Å²) >= 11 is 6.38. The smallest absolute Gasteiger partial charge is 0.243 e. The molecular formula is C19H30ClIN4O. The molecule has 1 atom stereocenters. The average Bonchev–Trinajstić information content (AvgIpc) is 3.38. The summed E-state index contributed by atoms with van der Waals surface area (Å²) in [5.41, 5.74) is 1.26. The quantitative estimate of drug-likeness (QED) is 0.348. The summed E-state index contributed by atoms with van der Waals surface area (Å²) in [6.07, 6.45) is 3.20. The lowest BCUT2D eigenvalue weighted by Gasteiger charge is -2.22. The number of rotatable bonds is 7. The number of halogens is 2. The van der Waals surface area contributed by atoms with E-state index in [4.69, 9.17) is 11.6 Å². The predicted octanol–water partition coefficient (Wildman–Crippen LogP) is 3.41. The number of likely N-dealkylation sites (N-methyl/N-ethyl adjacent to an activating group) is 1. The Hall–Kier alpha value is -1.02. The van der Waals surface area contributed by atoms with Crippen molar-refractivity contribution in [3.63, 3.8) is 0 Å². The molecule has 146 valence electrons. The molecule has 0 heterocycles. The van der Waals surface area contributed by atoms with E-state index in [9.17, 15) is 4.79 Å². The molecule has 2 N–H and O–H groups in total. The fraction of sp³-hybridized carbons (Fsp3) is 0.579. The second-order valence-corrected chi connectivity index (χ2v) is 7.43. The molecule has 1 fully saturated rings. The molecule has 1 aromatic rings. The molecule has 1 amide bonds. The van der Waals surface area contributed by atoms with Crippen LogP contribution in [0.25, 0.3) is 0 Å². The van der Waals surface area contributed by atoms with Gasteiger partial charge in [0.2, 0.25) is 5.91 Å². The lowest BCUT2D eigenvalue weighted by Crippen LogP contribution is -2.45. The van der Waals surface area contributed by atoms with Crippen molar-refractivity contribution in [1.82, 2.24) is 15.5 Å². The highest BCUT2D eigenvalue weighted by Crippen LogP contribution is 2.49. The highest BCUT2D eigenvalue weighted by atomic mass is 127. The molecule has 5 nitrogen and oxygen atoms in total. The van der Waals surface area contributed by atoms with Crippen molar-refractivity contribution in [2.45, 2.75) is 44.6 Å². The number of nitrogens with one attached hydrogen (secondary N) is 2. The van der Waals surface area contributed by atoms with E-state index in [1.54, 1.807) is 19.0 Å². The van der Waals surface area contributed by atoms with E-state index in [1.165, 1.54) is 5.56 Å². The maximum absolute atomic E-state index is 11.8. The van der Waals surface area contributed by atoms with Crippen LogP contribution in [0.3, 0.4) is 0 Å². The first-order valence-electron chi connectivity index (χ1n) is 8.88. The summed E-state index contributed by atoms with van der Waals surface area (Å²) in [5.74, 6) is 0.667. The zero-order valence-corrected chi connectivity index (χ0v) is 19.1. The van der Waals surface area contributed by atoms with E-state index in [-0.39, 0.29) is 47.9 Å². The summed E-state index contributed by atoms with van der Waals surface area (Å²) in [5, 5.41) is 7.60. The van der Waals surface area contributed by atoms with Crippen LogP contribution in [0.4, 0.5) is 0 Å². The molecule has 0 bridgehead atoms. The van der Waals surface area contributed by atoms with E-state index in [2.05, 4.69) is 35.5 Å². The van der Waals surface area contributed by atoms with E-state index in [0.29, 0.717) is 5.96 Å². The largest absolute Gasteiger partial charge is 0.355 e. The van der Waals surface area contributed by atoms with Crippen molar-refractivity contribution >= 4 is 47.4 Å². The second-order valence-electron chi connectivity index (χ2n) is 7.02. The Balaban J connectivity index is 0.00000338. The normalized spacial score (nSPS) is 16.3. The zero-order valence-electron chi connectivity index (χ0n) is 16.0. The van der Waals surface area contributed by atoms with Gasteiger partial charge in [-0.15, -0.1) is 24.0 Å². The number of aliphatic imine (C=N–C) groups is 1. The van der Waals surface area contributed by atoms with E-state index < -0.39 is 0 Å². The number of carbonyl (C=O) groups is 1. The molecule has 2 rings (SSSR count). The van der Waals surface area contributed by atoms with Crippen LogP contribution in [0.1, 0.15) is 38.7 Å². The maximum Gasteiger partial charge on any atom is 0.243 e. The molecule has 0 spiro atoms. The second kappa shape index (κ2) is 10.3. The number of carbonyl (C=O) groups excluding carboxylic acids is 1. The molecule has 1 aliphatic rings. The van der Waals surface area contributed by atoms with Crippen molar-refractivity contribution in [3.05, 3.63) is 34.9 Å². The standard InChI is InChI=1S/C19H29ClN4O.HI/c1-5-14(2)23-18(21-12-17(25)24(3)4)22-13-19(10-11-19)15-8-6-7-9-16(15)20;/h6-9,14H,5,10-13H2,1-4H3,(H2,21,22,23);1H. The topological polar surface area (TPSA) is 56.7 Å². The van der Waals surface area contributed by atoms with Crippen molar-refractivity contribution in [3.8, 4) is 0 Å².